The summed E-state index contributed by atoms with van der Waals surface area (Å²) in [5.74, 6) is 0.852. The maximum Gasteiger partial charge on any atom is 0.231 e. The van der Waals surface area contributed by atoms with E-state index in [9.17, 15) is 10.1 Å². The monoisotopic (exact) mass is 372 g/mol. The van der Waals surface area contributed by atoms with Crippen molar-refractivity contribution in [2.45, 2.75) is 32.6 Å². The van der Waals surface area contributed by atoms with Gasteiger partial charge in [0.15, 0.2) is 17.3 Å². The van der Waals surface area contributed by atoms with Gasteiger partial charge in [-0.1, -0.05) is 25.4 Å². The number of carbonyl (C=O) groups is 1. The number of hydrogen-bond acceptors (Lipinski definition) is 6. The molecular formula is C19H17ClN2O4. The first-order valence-electron chi connectivity index (χ1n) is 8.23. The van der Waals surface area contributed by atoms with Gasteiger partial charge in [0, 0.05) is 29.5 Å². The number of hydrogen-bond donors (Lipinski definition) is 1. The van der Waals surface area contributed by atoms with E-state index in [0.717, 1.165) is 0 Å². The van der Waals surface area contributed by atoms with E-state index in [1.807, 2.05) is 13.8 Å². The van der Waals surface area contributed by atoms with E-state index in [-0.39, 0.29) is 29.4 Å². The Bertz CT molecular complexity index is 940. The van der Waals surface area contributed by atoms with Gasteiger partial charge in [0.05, 0.1) is 5.92 Å². The first-order chi connectivity index (χ1) is 12.3. The molecule has 2 N–H and O–H groups in total. The van der Waals surface area contributed by atoms with Gasteiger partial charge in [-0.3, -0.25) is 4.79 Å². The molecule has 0 unspecified atom stereocenters. The first kappa shape index (κ1) is 16.8. The fourth-order valence-electron chi connectivity index (χ4n) is 3.75. The van der Waals surface area contributed by atoms with Crippen molar-refractivity contribution in [2.75, 3.05) is 6.79 Å². The van der Waals surface area contributed by atoms with Crippen LogP contribution in [0, 0.1) is 16.7 Å². The smallest absolute Gasteiger partial charge is 0.231 e. The van der Waals surface area contributed by atoms with Crippen LogP contribution in [0.2, 0.25) is 5.02 Å². The molecule has 0 saturated heterocycles. The molecule has 2 aliphatic heterocycles. The van der Waals surface area contributed by atoms with Gasteiger partial charge in [-0.2, -0.15) is 5.26 Å². The number of rotatable bonds is 1. The molecule has 0 amide bonds. The zero-order valence-corrected chi connectivity index (χ0v) is 15.1. The number of nitriles is 1. The summed E-state index contributed by atoms with van der Waals surface area (Å²) in [6.45, 7) is 4.10. The quantitative estimate of drug-likeness (QED) is 0.810. The van der Waals surface area contributed by atoms with Crippen molar-refractivity contribution in [3.8, 4) is 17.6 Å². The SMILES string of the molecule is CC1(C)CC(=O)C2=C(C1)OC(N)=C(C#N)[C@@H]2c1cc2c(cc1Cl)OCO2. The number of ether oxygens (including phenoxy) is 3. The van der Waals surface area contributed by atoms with Crippen molar-refractivity contribution in [3.05, 3.63) is 45.5 Å². The number of ketones is 1. The average molecular weight is 373 g/mol. The van der Waals surface area contributed by atoms with Crippen molar-refractivity contribution >= 4 is 17.4 Å². The highest BCUT2D eigenvalue weighted by Crippen LogP contribution is 2.50. The molecule has 1 atom stereocenters. The maximum atomic E-state index is 12.9. The number of Topliss-reactive ketones (excluding diaryl/α,β-unsaturated/α-hetero) is 1. The van der Waals surface area contributed by atoms with Crippen LogP contribution in [0.25, 0.3) is 0 Å². The molecule has 0 bridgehead atoms. The minimum absolute atomic E-state index is 0.00971. The van der Waals surface area contributed by atoms with Gasteiger partial charge >= 0.3 is 0 Å². The van der Waals surface area contributed by atoms with Gasteiger partial charge in [0.1, 0.15) is 17.4 Å². The molecule has 0 saturated carbocycles. The molecule has 1 aliphatic carbocycles. The van der Waals surface area contributed by atoms with Crippen LogP contribution in [0.4, 0.5) is 0 Å². The number of halogens is 1. The molecule has 3 aliphatic rings. The van der Waals surface area contributed by atoms with E-state index >= 15 is 0 Å². The third-order valence-corrected chi connectivity index (χ3v) is 5.21. The fraction of sp³-hybridized carbons (Fsp3) is 0.368. The molecule has 4 rings (SSSR count). The van der Waals surface area contributed by atoms with Gasteiger partial charge in [0.25, 0.3) is 0 Å². The zero-order valence-electron chi connectivity index (χ0n) is 14.4. The second-order valence-electron chi connectivity index (χ2n) is 7.43. The van der Waals surface area contributed by atoms with Crippen LogP contribution >= 0.6 is 11.6 Å². The largest absolute Gasteiger partial charge is 0.454 e. The van der Waals surface area contributed by atoms with Crippen LogP contribution in [0.3, 0.4) is 0 Å². The lowest BCUT2D eigenvalue weighted by Gasteiger charge is -2.37. The Kier molecular flexibility index (Phi) is 3.67. The lowest BCUT2D eigenvalue weighted by molar-refractivity contribution is -0.119. The standard InChI is InChI=1S/C19H17ClN2O4/c1-19(2)5-12(23)17-15(6-19)26-18(22)10(7-21)16(17)9-3-13-14(4-11(9)20)25-8-24-13/h3-4,16H,5-6,8,22H2,1-2H3/t16-/m0/s1. The zero-order chi connectivity index (χ0) is 18.6. The van der Waals surface area contributed by atoms with Crippen molar-refractivity contribution in [1.82, 2.24) is 0 Å². The molecule has 1 aromatic carbocycles. The molecule has 0 fully saturated rings. The number of benzene rings is 1. The van der Waals surface area contributed by atoms with Crippen LogP contribution in [0.1, 0.15) is 38.2 Å². The molecule has 2 heterocycles. The fourth-order valence-corrected chi connectivity index (χ4v) is 4.01. The summed E-state index contributed by atoms with van der Waals surface area (Å²) in [5, 5.41) is 10.0. The number of fused-ring (bicyclic) bond motifs is 1. The Morgan fingerprint density at radius 3 is 2.65 bits per heavy atom. The van der Waals surface area contributed by atoms with E-state index in [4.69, 9.17) is 31.5 Å². The highest BCUT2D eigenvalue weighted by Gasteiger charge is 2.43. The predicted molar refractivity (Wildman–Crippen MR) is 93.3 cm³/mol. The number of carbonyl (C=O) groups excluding carboxylic acids is 1. The number of allylic oxidation sites excluding steroid dienone is 3. The summed E-state index contributed by atoms with van der Waals surface area (Å²) in [4.78, 5) is 12.9. The van der Waals surface area contributed by atoms with Gasteiger partial charge < -0.3 is 19.9 Å². The molecular weight excluding hydrogens is 356 g/mol. The number of nitrogens with zero attached hydrogens (tertiary/aromatic N) is 1. The second-order valence-corrected chi connectivity index (χ2v) is 7.84. The number of nitrogens with two attached hydrogens (primary N) is 1. The predicted octanol–water partition coefficient (Wildman–Crippen LogP) is 3.52. The normalized spacial score (nSPS) is 23.5. The molecule has 26 heavy (non-hydrogen) atoms. The lowest BCUT2D eigenvalue weighted by atomic mass is 9.70. The topological polar surface area (TPSA) is 94.6 Å². The van der Waals surface area contributed by atoms with Crippen LogP contribution in [-0.4, -0.2) is 12.6 Å². The molecule has 0 radical (unpaired) electrons. The summed E-state index contributed by atoms with van der Waals surface area (Å²) in [7, 11) is 0. The van der Waals surface area contributed by atoms with Crippen molar-refractivity contribution in [1.29, 1.82) is 5.26 Å². The van der Waals surface area contributed by atoms with E-state index in [0.29, 0.717) is 46.3 Å². The summed E-state index contributed by atoms with van der Waals surface area (Å²) in [6.07, 6.45) is 0.929. The molecule has 0 spiro atoms. The average Bonchev–Trinajstić information content (AvgIpc) is 2.98. The molecule has 1 aromatic rings. The molecule has 0 aromatic heterocycles. The highest BCUT2D eigenvalue weighted by atomic mass is 35.5. The Morgan fingerprint density at radius 2 is 1.96 bits per heavy atom. The lowest BCUT2D eigenvalue weighted by Crippen LogP contribution is -2.33. The Morgan fingerprint density at radius 1 is 1.27 bits per heavy atom. The molecule has 7 heteroatoms. The Hall–Kier alpha value is -2.65. The van der Waals surface area contributed by atoms with E-state index in [1.54, 1.807) is 12.1 Å². The van der Waals surface area contributed by atoms with Crippen LogP contribution in [-0.2, 0) is 9.53 Å². The maximum absolute atomic E-state index is 12.9. The van der Waals surface area contributed by atoms with E-state index < -0.39 is 5.92 Å². The Balaban J connectivity index is 1.92. The summed E-state index contributed by atoms with van der Waals surface area (Å²) in [5.41, 5.74) is 6.99. The minimum atomic E-state index is -0.672. The van der Waals surface area contributed by atoms with Crippen molar-refractivity contribution in [2.24, 2.45) is 11.1 Å². The van der Waals surface area contributed by atoms with Crippen LogP contribution in [0.15, 0.2) is 34.9 Å². The summed E-state index contributed by atoms with van der Waals surface area (Å²) >= 11 is 6.46. The van der Waals surface area contributed by atoms with Gasteiger partial charge in [0.2, 0.25) is 12.7 Å². The van der Waals surface area contributed by atoms with Gasteiger partial charge in [-0.25, -0.2) is 0 Å². The second kappa shape index (κ2) is 5.68. The van der Waals surface area contributed by atoms with E-state index in [2.05, 4.69) is 6.07 Å². The highest BCUT2D eigenvalue weighted by molar-refractivity contribution is 6.31. The molecule has 134 valence electrons. The summed E-state index contributed by atoms with van der Waals surface area (Å²) in [6, 6.07) is 5.43. The molecule has 6 nitrogen and oxygen atoms in total. The first-order valence-corrected chi connectivity index (χ1v) is 8.61. The third-order valence-electron chi connectivity index (χ3n) is 4.88. The van der Waals surface area contributed by atoms with Crippen LogP contribution < -0.4 is 15.2 Å². The third kappa shape index (κ3) is 2.51. The van der Waals surface area contributed by atoms with Gasteiger partial charge in [-0.05, 0) is 17.0 Å². The van der Waals surface area contributed by atoms with Crippen LogP contribution in [0.5, 0.6) is 11.5 Å². The van der Waals surface area contributed by atoms with Crippen molar-refractivity contribution in [3.63, 3.8) is 0 Å². The Labute approximate surface area is 155 Å². The van der Waals surface area contributed by atoms with Gasteiger partial charge in [-0.15, -0.1) is 0 Å². The summed E-state index contributed by atoms with van der Waals surface area (Å²) < 4.78 is 16.5. The minimum Gasteiger partial charge on any atom is -0.454 e. The van der Waals surface area contributed by atoms with E-state index in [1.165, 1.54) is 0 Å². The van der Waals surface area contributed by atoms with Crippen molar-refractivity contribution < 1.29 is 19.0 Å².